The number of nitrogens with one attached hydrogen (secondary N) is 1. The molecule has 3 aromatic carbocycles. The Hall–Kier alpha value is -3.65. The Morgan fingerprint density at radius 3 is 2.45 bits per heavy atom. The highest BCUT2D eigenvalue weighted by molar-refractivity contribution is 9.10. The van der Waals surface area contributed by atoms with Gasteiger partial charge in [0.1, 0.15) is 17.2 Å². The highest BCUT2D eigenvalue weighted by Gasteiger charge is 2.12. The number of halogens is 1. The number of hydrogen-bond donors (Lipinski definition) is 1. The van der Waals surface area contributed by atoms with Crippen molar-refractivity contribution in [3.05, 3.63) is 88.4 Å². The molecule has 3 aromatic rings. The third-order valence-corrected chi connectivity index (χ3v) is 4.69. The number of nitrogens with zero attached hydrogens (tertiary/aromatic N) is 1. The summed E-state index contributed by atoms with van der Waals surface area (Å²) in [6.45, 7) is -0.187. The van der Waals surface area contributed by atoms with E-state index >= 15 is 0 Å². The summed E-state index contributed by atoms with van der Waals surface area (Å²) in [5, 5.41) is 3.90. The van der Waals surface area contributed by atoms with E-state index in [4.69, 9.17) is 14.2 Å². The number of benzene rings is 3. The molecule has 0 bridgehead atoms. The van der Waals surface area contributed by atoms with Gasteiger partial charge >= 0.3 is 5.97 Å². The van der Waals surface area contributed by atoms with Gasteiger partial charge in [-0.3, -0.25) is 4.79 Å². The van der Waals surface area contributed by atoms with Crippen LogP contribution < -0.4 is 19.6 Å². The average molecular weight is 483 g/mol. The van der Waals surface area contributed by atoms with Crippen LogP contribution in [-0.2, 0) is 4.79 Å². The van der Waals surface area contributed by atoms with Crippen molar-refractivity contribution < 1.29 is 23.8 Å². The lowest BCUT2D eigenvalue weighted by Gasteiger charge is -2.07. The summed E-state index contributed by atoms with van der Waals surface area (Å²) in [4.78, 5) is 24.2. The van der Waals surface area contributed by atoms with Gasteiger partial charge in [-0.15, -0.1) is 0 Å². The highest BCUT2D eigenvalue weighted by Crippen LogP contribution is 2.20. The molecule has 0 fully saturated rings. The second-order valence-corrected chi connectivity index (χ2v) is 7.05. The second kappa shape index (κ2) is 10.9. The Morgan fingerprint density at radius 1 is 0.968 bits per heavy atom. The topological polar surface area (TPSA) is 86.2 Å². The number of hydrazone groups is 1. The van der Waals surface area contributed by atoms with Crippen LogP contribution in [-0.4, -0.2) is 31.8 Å². The van der Waals surface area contributed by atoms with Gasteiger partial charge in [-0.2, -0.15) is 5.10 Å². The van der Waals surface area contributed by atoms with Crippen molar-refractivity contribution in [1.82, 2.24) is 5.43 Å². The summed E-state index contributed by atoms with van der Waals surface area (Å²) < 4.78 is 16.5. The zero-order valence-corrected chi connectivity index (χ0v) is 18.2. The summed E-state index contributed by atoms with van der Waals surface area (Å²) >= 11 is 3.33. The summed E-state index contributed by atoms with van der Waals surface area (Å²) in [5.74, 6) is 0.707. The Bertz CT molecular complexity index is 1080. The minimum atomic E-state index is -0.481. The first-order valence-corrected chi connectivity index (χ1v) is 10.00. The molecule has 7 nitrogen and oxygen atoms in total. The molecule has 0 spiro atoms. The normalized spacial score (nSPS) is 10.5. The van der Waals surface area contributed by atoms with Crippen LogP contribution in [0, 0.1) is 0 Å². The third kappa shape index (κ3) is 6.68. The fourth-order valence-corrected chi connectivity index (χ4v) is 2.93. The number of rotatable bonds is 8. The number of carbonyl (C=O) groups excluding carboxylic acids is 2. The molecule has 0 aliphatic carbocycles. The lowest BCUT2D eigenvalue weighted by atomic mass is 10.2. The fourth-order valence-electron chi connectivity index (χ4n) is 2.48. The summed E-state index contributed by atoms with van der Waals surface area (Å²) in [5.41, 5.74) is 3.45. The molecular weight excluding hydrogens is 464 g/mol. The van der Waals surface area contributed by atoms with Crippen molar-refractivity contribution in [3.63, 3.8) is 0 Å². The predicted octanol–water partition coefficient (Wildman–Crippen LogP) is 4.21. The van der Waals surface area contributed by atoms with Gasteiger partial charge in [-0.25, -0.2) is 10.2 Å². The second-order valence-electron chi connectivity index (χ2n) is 6.20. The molecule has 3 rings (SSSR count). The maximum Gasteiger partial charge on any atom is 0.344 e. The number of methoxy groups -OCH3 is 1. The fraction of sp³-hybridized carbons (Fsp3) is 0.0870. The molecule has 0 radical (unpaired) electrons. The van der Waals surface area contributed by atoms with Crippen molar-refractivity contribution in [2.45, 2.75) is 0 Å². The Labute approximate surface area is 187 Å². The summed E-state index contributed by atoms with van der Waals surface area (Å²) in [7, 11) is 1.57. The molecule has 8 heteroatoms. The molecule has 158 valence electrons. The molecule has 1 amide bonds. The molecule has 0 aliphatic heterocycles. The van der Waals surface area contributed by atoms with Gasteiger partial charge in [0.25, 0.3) is 5.91 Å². The van der Waals surface area contributed by atoms with Gasteiger partial charge in [0, 0.05) is 4.47 Å². The van der Waals surface area contributed by atoms with Crippen LogP contribution in [0.15, 0.2) is 82.4 Å². The first kappa shape index (κ1) is 22.0. The van der Waals surface area contributed by atoms with E-state index in [1.54, 1.807) is 73.8 Å². The molecule has 0 saturated carbocycles. The molecule has 31 heavy (non-hydrogen) atoms. The van der Waals surface area contributed by atoms with Crippen LogP contribution in [0.25, 0.3) is 0 Å². The molecule has 0 aliphatic rings. The smallest absolute Gasteiger partial charge is 0.344 e. The van der Waals surface area contributed by atoms with Gasteiger partial charge in [0.15, 0.2) is 6.61 Å². The zero-order valence-electron chi connectivity index (χ0n) is 16.6. The molecule has 0 heterocycles. The van der Waals surface area contributed by atoms with E-state index in [-0.39, 0.29) is 6.61 Å². The SMILES string of the molecule is COc1ccc(OCC(=O)NN=Cc2cccc(OC(=O)c3ccccc3Br)c2)cc1. The number of amides is 1. The van der Waals surface area contributed by atoms with Crippen molar-refractivity contribution in [2.75, 3.05) is 13.7 Å². The number of carbonyl (C=O) groups is 2. The molecule has 0 saturated heterocycles. The summed E-state index contributed by atoms with van der Waals surface area (Å²) in [6, 6.07) is 20.7. The standard InChI is InChI=1S/C23H19BrN2O5/c1-29-17-9-11-18(12-10-17)30-15-22(27)26-25-14-16-5-4-6-19(13-16)31-23(28)20-7-2-3-8-21(20)24/h2-14H,15H2,1H3,(H,26,27). The van der Waals surface area contributed by atoms with Crippen LogP contribution in [0.5, 0.6) is 17.2 Å². The van der Waals surface area contributed by atoms with E-state index in [2.05, 4.69) is 26.5 Å². The minimum Gasteiger partial charge on any atom is -0.497 e. The van der Waals surface area contributed by atoms with E-state index in [0.717, 1.165) is 0 Å². The quantitative estimate of drug-likeness (QED) is 0.225. The van der Waals surface area contributed by atoms with Gasteiger partial charge in [0.05, 0.1) is 18.9 Å². The van der Waals surface area contributed by atoms with Gasteiger partial charge in [-0.05, 0) is 70.0 Å². The van der Waals surface area contributed by atoms with Crippen LogP contribution in [0.1, 0.15) is 15.9 Å². The van der Waals surface area contributed by atoms with Crippen LogP contribution >= 0.6 is 15.9 Å². The van der Waals surface area contributed by atoms with E-state index in [9.17, 15) is 9.59 Å². The Balaban J connectivity index is 1.51. The maximum atomic E-state index is 12.3. The largest absolute Gasteiger partial charge is 0.497 e. The van der Waals surface area contributed by atoms with Crippen LogP contribution in [0.4, 0.5) is 0 Å². The lowest BCUT2D eigenvalue weighted by Crippen LogP contribution is -2.24. The third-order valence-electron chi connectivity index (χ3n) is 3.99. The van der Waals surface area contributed by atoms with Crippen molar-refractivity contribution >= 4 is 34.0 Å². The number of esters is 1. The van der Waals surface area contributed by atoms with E-state index in [0.29, 0.717) is 32.8 Å². The first-order chi connectivity index (χ1) is 15.0. The molecule has 0 unspecified atom stereocenters. The van der Waals surface area contributed by atoms with E-state index < -0.39 is 11.9 Å². The number of hydrogen-bond acceptors (Lipinski definition) is 6. The van der Waals surface area contributed by atoms with Crippen LogP contribution in [0.3, 0.4) is 0 Å². The minimum absolute atomic E-state index is 0.187. The first-order valence-electron chi connectivity index (χ1n) is 9.20. The van der Waals surface area contributed by atoms with E-state index in [1.807, 2.05) is 6.07 Å². The molecule has 0 atom stereocenters. The summed E-state index contributed by atoms with van der Waals surface area (Å²) in [6.07, 6.45) is 1.45. The molecular formula is C23H19BrN2O5. The lowest BCUT2D eigenvalue weighted by molar-refractivity contribution is -0.123. The van der Waals surface area contributed by atoms with Gasteiger partial charge in [-0.1, -0.05) is 24.3 Å². The average Bonchev–Trinajstić information content (AvgIpc) is 2.78. The Morgan fingerprint density at radius 2 is 1.71 bits per heavy atom. The van der Waals surface area contributed by atoms with Crippen molar-refractivity contribution in [1.29, 1.82) is 0 Å². The molecule has 1 N–H and O–H groups in total. The Kier molecular flexibility index (Phi) is 7.78. The van der Waals surface area contributed by atoms with Crippen molar-refractivity contribution in [3.8, 4) is 17.2 Å². The van der Waals surface area contributed by atoms with Crippen LogP contribution in [0.2, 0.25) is 0 Å². The maximum absolute atomic E-state index is 12.3. The van der Waals surface area contributed by atoms with E-state index in [1.165, 1.54) is 6.21 Å². The van der Waals surface area contributed by atoms with Gasteiger partial charge in [0.2, 0.25) is 0 Å². The monoisotopic (exact) mass is 482 g/mol. The van der Waals surface area contributed by atoms with Gasteiger partial charge < -0.3 is 14.2 Å². The van der Waals surface area contributed by atoms with Crippen molar-refractivity contribution in [2.24, 2.45) is 5.10 Å². The number of ether oxygens (including phenoxy) is 3. The highest BCUT2D eigenvalue weighted by atomic mass is 79.9. The molecule has 0 aromatic heterocycles. The predicted molar refractivity (Wildman–Crippen MR) is 120 cm³/mol. The zero-order chi connectivity index (χ0) is 22.1.